The van der Waals surface area contributed by atoms with Crippen molar-refractivity contribution in [3.05, 3.63) is 53.2 Å². The number of anilines is 1. The minimum atomic E-state index is -3.80. The van der Waals surface area contributed by atoms with E-state index in [0.29, 0.717) is 30.8 Å². The zero-order valence-corrected chi connectivity index (χ0v) is 18.2. The number of pyridine rings is 1. The molecule has 1 amide bonds. The molecule has 3 heterocycles. The highest BCUT2D eigenvalue weighted by molar-refractivity contribution is 7.90. The van der Waals surface area contributed by atoms with E-state index in [1.165, 1.54) is 26.4 Å². The Kier molecular flexibility index (Phi) is 5.19. The van der Waals surface area contributed by atoms with Gasteiger partial charge >= 0.3 is 10.2 Å². The zero-order chi connectivity index (χ0) is 21.5. The van der Waals surface area contributed by atoms with E-state index in [0.717, 1.165) is 5.56 Å². The number of amides is 1. The minimum Gasteiger partial charge on any atom is -0.474 e. The Bertz CT molecular complexity index is 1080. The van der Waals surface area contributed by atoms with Crippen molar-refractivity contribution in [1.29, 1.82) is 0 Å². The molecule has 0 unspecified atom stereocenters. The first-order valence-corrected chi connectivity index (χ1v) is 11.3. The summed E-state index contributed by atoms with van der Waals surface area (Å²) in [6.07, 6.45) is 2.08. The lowest BCUT2D eigenvalue weighted by Crippen LogP contribution is -2.49. The molecule has 0 saturated heterocycles. The second-order valence-corrected chi connectivity index (χ2v) is 10.4. The SMILES string of the molecule is CC(C)(C)NC(=O)c1cnc2c(c1)N(S(=O)(=O)N1CCc3ccccc3C1)CCO2. The largest absolute Gasteiger partial charge is 0.474 e. The average molecular weight is 431 g/mol. The predicted octanol–water partition coefficient (Wildman–Crippen LogP) is 2.11. The maximum atomic E-state index is 13.5. The standard InChI is InChI=1S/C21H26N4O4S/c1-21(2,3)23-19(26)17-12-18-20(22-13-17)29-11-10-25(18)30(27,28)24-9-8-15-6-4-5-7-16(15)14-24/h4-7,12-13H,8-11,14H2,1-3H3,(H,23,26). The molecule has 1 aromatic carbocycles. The molecule has 1 N–H and O–H groups in total. The summed E-state index contributed by atoms with van der Waals surface area (Å²) in [4.78, 5) is 16.8. The van der Waals surface area contributed by atoms with Gasteiger partial charge in [0.25, 0.3) is 5.91 Å². The van der Waals surface area contributed by atoms with E-state index in [9.17, 15) is 13.2 Å². The highest BCUT2D eigenvalue weighted by Gasteiger charge is 2.36. The van der Waals surface area contributed by atoms with Crippen molar-refractivity contribution in [3.63, 3.8) is 0 Å². The second-order valence-electron chi connectivity index (χ2n) is 8.53. The molecule has 0 spiro atoms. The first-order chi connectivity index (χ1) is 14.1. The Balaban J connectivity index is 1.65. The molecule has 2 aliphatic rings. The number of benzene rings is 1. The number of carbonyl (C=O) groups excluding carboxylic acids is 1. The van der Waals surface area contributed by atoms with Crippen LogP contribution >= 0.6 is 0 Å². The number of rotatable bonds is 3. The number of nitrogens with zero attached hydrogens (tertiary/aromatic N) is 3. The molecule has 0 aliphatic carbocycles. The first-order valence-electron chi connectivity index (χ1n) is 9.95. The van der Waals surface area contributed by atoms with E-state index in [1.807, 2.05) is 45.0 Å². The quantitative estimate of drug-likeness (QED) is 0.805. The molecule has 2 aliphatic heterocycles. The predicted molar refractivity (Wildman–Crippen MR) is 114 cm³/mol. The highest BCUT2D eigenvalue weighted by Crippen LogP contribution is 2.34. The van der Waals surface area contributed by atoms with Gasteiger partial charge in [-0.25, -0.2) is 9.29 Å². The van der Waals surface area contributed by atoms with Crippen LogP contribution < -0.4 is 14.4 Å². The van der Waals surface area contributed by atoms with Gasteiger partial charge in [0.05, 0.1) is 12.1 Å². The lowest BCUT2D eigenvalue weighted by atomic mass is 10.0. The van der Waals surface area contributed by atoms with Crippen LogP contribution in [-0.2, 0) is 23.2 Å². The summed E-state index contributed by atoms with van der Waals surface area (Å²) in [6.45, 7) is 6.74. The smallest absolute Gasteiger partial charge is 0.304 e. The zero-order valence-electron chi connectivity index (χ0n) is 17.4. The molecular formula is C21H26N4O4S. The molecule has 1 aromatic heterocycles. The van der Waals surface area contributed by atoms with Crippen molar-refractivity contribution < 1.29 is 17.9 Å². The van der Waals surface area contributed by atoms with Crippen LogP contribution in [-0.4, -0.2) is 48.8 Å². The van der Waals surface area contributed by atoms with Gasteiger partial charge < -0.3 is 10.1 Å². The second kappa shape index (κ2) is 7.55. The van der Waals surface area contributed by atoms with Gasteiger partial charge in [-0.05, 0) is 44.4 Å². The van der Waals surface area contributed by atoms with Gasteiger partial charge in [0.15, 0.2) is 0 Å². The lowest BCUT2D eigenvalue weighted by molar-refractivity contribution is 0.0919. The summed E-state index contributed by atoms with van der Waals surface area (Å²) in [5.74, 6) is -0.0952. The number of fused-ring (bicyclic) bond motifs is 2. The number of nitrogens with one attached hydrogen (secondary N) is 1. The van der Waals surface area contributed by atoms with Crippen LogP contribution in [0.1, 0.15) is 42.3 Å². The fraction of sp³-hybridized carbons (Fsp3) is 0.429. The van der Waals surface area contributed by atoms with E-state index in [-0.39, 0.29) is 24.9 Å². The van der Waals surface area contributed by atoms with Gasteiger partial charge in [-0.1, -0.05) is 24.3 Å². The van der Waals surface area contributed by atoms with Crippen LogP contribution in [0, 0.1) is 0 Å². The Hall–Kier alpha value is -2.65. The van der Waals surface area contributed by atoms with Crippen LogP contribution in [0.15, 0.2) is 36.5 Å². The molecule has 8 nitrogen and oxygen atoms in total. The van der Waals surface area contributed by atoms with Crippen molar-refractivity contribution in [1.82, 2.24) is 14.6 Å². The van der Waals surface area contributed by atoms with E-state index < -0.39 is 15.7 Å². The van der Waals surface area contributed by atoms with E-state index >= 15 is 0 Å². The Morgan fingerprint density at radius 2 is 1.90 bits per heavy atom. The molecular weight excluding hydrogens is 404 g/mol. The summed E-state index contributed by atoms with van der Waals surface area (Å²) in [7, 11) is -3.80. The van der Waals surface area contributed by atoms with Gasteiger partial charge in [0.1, 0.15) is 12.3 Å². The van der Waals surface area contributed by atoms with Gasteiger partial charge in [0, 0.05) is 24.8 Å². The topological polar surface area (TPSA) is 91.8 Å². The third kappa shape index (κ3) is 3.99. The summed E-state index contributed by atoms with van der Waals surface area (Å²) < 4.78 is 35.3. The van der Waals surface area contributed by atoms with Gasteiger partial charge in [-0.3, -0.25) is 4.79 Å². The maximum Gasteiger partial charge on any atom is 0.304 e. The summed E-state index contributed by atoms with van der Waals surface area (Å²) in [6, 6.07) is 9.42. The average Bonchev–Trinajstić information content (AvgIpc) is 2.71. The van der Waals surface area contributed by atoms with Crippen molar-refractivity contribution in [2.75, 3.05) is 24.0 Å². The first kappa shape index (κ1) is 20.6. The van der Waals surface area contributed by atoms with Crippen LogP contribution in [0.25, 0.3) is 0 Å². The molecule has 0 atom stereocenters. The van der Waals surface area contributed by atoms with Gasteiger partial charge in [0.2, 0.25) is 5.88 Å². The van der Waals surface area contributed by atoms with Crippen LogP contribution in [0.2, 0.25) is 0 Å². The third-order valence-electron chi connectivity index (χ3n) is 5.09. The van der Waals surface area contributed by atoms with Gasteiger partial charge in [-0.15, -0.1) is 0 Å². The number of carbonyl (C=O) groups is 1. The fourth-order valence-corrected chi connectivity index (χ4v) is 5.25. The van der Waals surface area contributed by atoms with Crippen LogP contribution in [0.5, 0.6) is 5.88 Å². The molecule has 0 fully saturated rings. The van der Waals surface area contributed by atoms with Crippen molar-refractivity contribution in [2.45, 2.75) is 39.3 Å². The number of hydrogen-bond donors (Lipinski definition) is 1. The number of hydrogen-bond acceptors (Lipinski definition) is 5. The number of ether oxygens (including phenoxy) is 1. The molecule has 9 heteroatoms. The van der Waals surface area contributed by atoms with Crippen LogP contribution in [0.4, 0.5) is 5.69 Å². The molecule has 160 valence electrons. The highest BCUT2D eigenvalue weighted by atomic mass is 32.2. The van der Waals surface area contributed by atoms with E-state index in [2.05, 4.69) is 10.3 Å². The molecule has 30 heavy (non-hydrogen) atoms. The summed E-state index contributed by atoms with van der Waals surface area (Å²) in [5.41, 5.74) is 2.35. The van der Waals surface area contributed by atoms with Crippen molar-refractivity contribution >= 4 is 21.8 Å². The van der Waals surface area contributed by atoms with E-state index in [1.54, 1.807) is 0 Å². The normalized spacial score (nSPS) is 17.0. The van der Waals surface area contributed by atoms with E-state index in [4.69, 9.17) is 4.74 Å². The minimum absolute atomic E-state index is 0.166. The maximum absolute atomic E-state index is 13.5. The monoisotopic (exact) mass is 430 g/mol. The molecule has 4 rings (SSSR count). The Morgan fingerprint density at radius 1 is 1.17 bits per heavy atom. The molecule has 0 radical (unpaired) electrons. The summed E-state index contributed by atoms with van der Waals surface area (Å²) in [5, 5.41) is 2.87. The molecule has 0 bridgehead atoms. The van der Waals surface area contributed by atoms with Crippen molar-refractivity contribution in [2.24, 2.45) is 0 Å². The summed E-state index contributed by atoms with van der Waals surface area (Å²) >= 11 is 0. The van der Waals surface area contributed by atoms with Crippen molar-refractivity contribution in [3.8, 4) is 5.88 Å². The lowest BCUT2D eigenvalue weighted by Gasteiger charge is -2.36. The van der Waals surface area contributed by atoms with Gasteiger partial charge in [-0.2, -0.15) is 12.7 Å². The molecule has 0 saturated carbocycles. The Morgan fingerprint density at radius 3 is 2.63 bits per heavy atom. The third-order valence-corrected chi connectivity index (χ3v) is 6.99. The Labute approximate surface area is 177 Å². The van der Waals surface area contributed by atoms with Crippen LogP contribution in [0.3, 0.4) is 0 Å². The number of aromatic nitrogens is 1. The fourth-order valence-electron chi connectivity index (χ4n) is 3.66. The molecule has 2 aromatic rings.